The van der Waals surface area contributed by atoms with E-state index in [-0.39, 0.29) is 6.04 Å². The Kier molecular flexibility index (Phi) is 6.70. The molecule has 1 aliphatic heterocycles. The first-order valence-electron chi connectivity index (χ1n) is 15.3. The van der Waals surface area contributed by atoms with E-state index < -0.39 is 0 Å². The minimum absolute atomic E-state index is 0.258. The summed E-state index contributed by atoms with van der Waals surface area (Å²) in [6.07, 6.45) is 3.07. The van der Waals surface area contributed by atoms with Crippen molar-refractivity contribution < 1.29 is 0 Å². The summed E-state index contributed by atoms with van der Waals surface area (Å²) in [7, 11) is 0. The zero-order valence-corrected chi connectivity index (χ0v) is 25.1. The molecule has 1 atom stereocenters. The van der Waals surface area contributed by atoms with Gasteiger partial charge >= 0.3 is 0 Å². The van der Waals surface area contributed by atoms with Crippen LogP contribution in [0.5, 0.6) is 0 Å². The lowest BCUT2D eigenvalue weighted by Gasteiger charge is -2.28. The van der Waals surface area contributed by atoms with Crippen LogP contribution < -0.4 is 4.90 Å². The fraction of sp³-hybridized carbons (Fsp3) is 0.200. The zero-order valence-electron chi connectivity index (χ0n) is 25.1. The Morgan fingerprint density at radius 2 is 1.19 bits per heavy atom. The zero-order chi connectivity index (χ0) is 28.8. The molecule has 0 aliphatic carbocycles. The molecule has 0 saturated heterocycles. The van der Waals surface area contributed by atoms with Crippen LogP contribution in [0.3, 0.4) is 0 Å². The second-order valence-electron chi connectivity index (χ2n) is 11.8. The van der Waals surface area contributed by atoms with Crippen molar-refractivity contribution in [3.05, 3.63) is 149 Å². The number of anilines is 2. The van der Waals surface area contributed by atoms with E-state index in [0.29, 0.717) is 0 Å². The number of hydrogen-bond donors (Lipinski definition) is 0. The lowest BCUT2D eigenvalue weighted by Crippen LogP contribution is -2.19. The maximum absolute atomic E-state index is 2.57. The fourth-order valence-corrected chi connectivity index (χ4v) is 6.50. The summed E-state index contributed by atoms with van der Waals surface area (Å²) in [4.78, 5) is 2.57. The second-order valence-corrected chi connectivity index (χ2v) is 11.8. The van der Waals surface area contributed by atoms with Crippen molar-refractivity contribution in [1.29, 1.82) is 0 Å². The van der Waals surface area contributed by atoms with E-state index >= 15 is 0 Å². The molecule has 6 aromatic rings. The second kappa shape index (κ2) is 10.7. The predicted octanol–water partition coefficient (Wildman–Crippen LogP) is 10.5. The van der Waals surface area contributed by atoms with Gasteiger partial charge in [0.05, 0.1) is 17.3 Å². The third-order valence-corrected chi connectivity index (χ3v) is 9.02. The summed E-state index contributed by atoms with van der Waals surface area (Å²) in [5.41, 5.74) is 15.6. The van der Waals surface area contributed by atoms with Crippen LogP contribution in [0.2, 0.25) is 0 Å². The highest BCUT2D eigenvalue weighted by atomic mass is 15.2. The summed E-state index contributed by atoms with van der Waals surface area (Å²) in [6.45, 7) is 8.75. The first kappa shape index (κ1) is 26.3. The molecule has 0 fully saturated rings. The van der Waals surface area contributed by atoms with Gasteiger partial charge in [0, 0.05) is 22.4 Å². The van der Waals surface area contributed by atoms with Gasteiger partial charge in [-0.15, -0.1) is 0 Å². The summed E-state index contributed by atoms with van der Waals surface area (Å²) in [6, 6.07) is 43.8. The number of hydrogen-bond acceptors (Lipinski definition) is 1. The molecule has 1 unspecified atom stereocenters. The molecule has 2 heteroatoms. The maximum atomic E-state index is 2.57. The molecule has 0 spiro atoms. The molecule has 1 aromatic heterocycles. The topological polar surface area (TPSA) is 8.17 Å². The van der Waals surface area contributed by atoms with Crippen molar-refractivity contribution in [3.63, 3.8) is 0 Å². The minimum atomic E-state index is 0.258. The Labute approximate surface area is 249 Å². The van der Waals surface area contributed by atoms with Gasteiger partial charge in [0.1, 0.15) is 0 Å². The van der Waals surface area contributed by atoms with E-state index in [1.54, 1.807) is 0 Å². The molecule has 5 aromatic carbocycles. The molecular formula is C40H38N2. The first-order chi connectivity index (χ1) is 20.5. The molecule has 0 N–H and O–H groups in total. The predicted molar refractivity (Wildman–Crippen MR) is 178 cm³/mol. The third kappa shape index (κ3) is 4.61. The molecule has 0 bridgehead atoms. The number of benzene rings is 5. The molecule has 7 rings (SSSR count). The molecule has 208 valence electrons. The average Bonchev–Trinajstić information content (AvgIpc) is 3.58. The van der Waals surface area contributed by atoms with Crippen molar-refractivity contribution in [3.8, 4) is 16.9 Å². The van der Waals surface area contributed by atoms with Gasteiger partial charge < -0.3 is 9.47 Å². The van der Waals surface area contributed by atoms with Crippen LogP contribution in [-0.2, 0) is 19.3 Å². The van der Waals surface area contributed by atoms with E-state index in [9.17, 15) is 0 Å². The van der Waals surface area contributed by atoms with Gasteiger partial charge in [0.2, 0.25) is 0 Å². The summed E-state index contributed by atoms with van der Waals surface area (Å²) in [5, 5.41) is 1.27. The Hall–Kier alpha value is -4.56. The van der Waals surface area contributed by atoms with Crippen LogP contribution in [0.4, 0.5) is 11.4 Å². The van der Waals surface area contributed by atoms with Gasteiger partial charge in [-0.1, -0.05) is 97.8 Å². The van der Waals surface area contributed by atoms with Crippen LogP contribution in [-0.4, -0.2) is 4.57 Å². The largest absolute Gasteiger partial charge is 0.333 e. The molecule has 1 aliphatic rings. The standard InChI is InChI=1S/C40H38N2/c1-5-29-11-19-35(20-12-29)41-37(31-15-7-27(3)8-16-31)23-33-26-40-34(25-39(33)41)24-38(32-17-9-28(4)10-18-32)42(40)36-21-13-30(6-2)14-22-36/h7-23,25-26,38H,5-6,24H2,1-4H3. The molecular weight excluding hydrogens is 508 g/mol. The lowest BCUT2D eigenvalue weighted by molar-refractivity contribution is 0.743. The molecule has 2 heterocycles. The highest BCUT2D eigenvalue weighted by Crippen LogP contribution is 2.48. The number of nitrogens with zero attached hydrogens (tertiary/aromatic N) is 2. The molecule has 0 saturated carbocycles. The Balaban J connectivity index is 1.43. The number of aryl methyl sites for hydroxylation is 4. The fourth-order valence-electron chi connectivity index (χ4n) is 6.50. The number of fused-ring (bicyclic) bond motifs is 2. The van der Waals surface area contributed by atoms with Crippen molar-refractivity contribution >= 4 is 22.3 Å². The average molecular weight is 547 g/mol. The van der Waals surface area contributed by atoms with Gasteiger partial charge in [-0.2, -0.15) is 0 Å². The van der Waals surface area contributed by atoms with Gasteiger partial charge in [0.25, 0.3) is 0 Å². The Bertz CT molecular complexity index is 1860. The van der Waals surface area contributed by atoms with Gasteiger partial charge in [-0.05, 0) is 103 Å². The van der Waals surface area contributed by atoms with E-state index in [4.69, 9.17) is 0 Å². The van der Waals surface area contributed by atoms with Gasteiger partial charge in [-0.3, -0.25) is 0 Å². The number of aromatic nitrogens is 1. The van der Waals surface area contributed by atoms with E-state index in [2.05, 4.69) is 152 Å². The minimum Gasteiger partial charge on any atom is -0.333 e. The highest BCUT2D eigenvalue weighted by molar-refractivity contribution is 5.94. The van der Waals surface area contributed by atoms with Crippen LogP contribution in [0, 0.1) is 13.8 Å². The summed E-state index contributed by atoms with van der Waals surface area (Å²) in [5.74, 6) is 0. The smallest absolute Gasteiger partial charge is 0.0632 e. The van der Waals surface area contributed by atoms with Crippen molar-refractivity contribution in [1.82, 2.24) is 4.57 Å². The molecule has 0 amide bonds. The summed E-state index contributed by atoms with van der Waals surface area (Å²) >= 11 is 0. The van der Waals surface area contributed by atoms with E-state index in [1.165, 1.54) is 72.6 Å². The molecule has 42 heavy (non-hydrogen) atoms. The van der Waals surface area contributed by atoms with Gasteiger partial charge in [-0.25, -0.2) is 0 Å². The van der Waals surface area contributed by atoms with E-state index in [1.807, 2.05) is 0 Å². The first-order valence-corrected chi connectivity index (χ1v) is 15.3. The van der Waals surface area contributed by atoms with Crippen LogP contribution >= 0.6 is 0 Å². The quantitative estimate of drug-likeness (QED) is 0.202. The Morgan fingerprint density at radius 3 is 1.79 bits per heavy atom. The van der Waals surface area contributed by atoms with E-state index in [0.717, 1.165) is 19.3 Å². The summed E-state index contributed by atoms with van der Waals surface area (Å²) < 4.78 is 2.46. The SMILES string of the molecule is CCc1ccc(N2c3cc4cc(-c5ccc(C)cc5)n(-c5ccc(CC)cc5)c4cc3CC2c2ccc(C)cc2)cc1. The maximum Gasteiger partial charge on any atom is 0.0632 e. The van der Waals surface area contributed by atoms with Crippen LogP contribution in [0.25, 0.3) is 27.8 Å². The van der Waals surface area contributed by atoms with Crippen molar-refractivity contribution in [2.75, 3.05) is 4.90 Å². The molecule has 2 nitrogen and oxygen atoms in total. The molecule has 0 radical (unpaired) electrons. The van der Waals surface area contributed by atoms with Crippen LogP contribution in [0.1, 0.15) is 53.3 Å². The normalized spacial score (nSPS) is 14.5. The van der Waals surface area contributed by atoms with Crippen molar-refractivity contribution in [2.24, 2.45) is 0 Å². The van der Waals surface area contributed by atoms with Crippen molar-refractivity contribution in [2.45, 2.75) is 53.0 Å². The van der Waals surface area contributed by atoms with Crippen LogP contribution in [0.15, 0.2) is 115 Å². The third-order valence-electron chi connectivity index (χ3n) is 9.02. The number of rotatable bonds is 6. The Morgan fingerprint density at radius 1 is 0.619 bits per heavy atom. The monoisotopic (exact) mass is 546 g/mol. The highest BCUT2D eigenvalue weighted by Gasteiger charge is 2.33. The van der Waals surface area contributed by atoms with Gasteiger partial charge in [0.15, 0.2) is 0 Å². The lowest BCUT2D eigenvalue weighted by atomic mass is 10.0.